The number of nitrogens with two attached hydrogens (primary N) is 1. The highest BCUT2D eigenvalue weighted by Gasteiger charge is 2.27. The number of benzene rings is 1. The van der Waals surface area contributed by atoms with E-state index in [-0.39, 0.29) is 11.8 Å². The highest BCUT2D eigenvalue weighted by atomic mass is 16.5. The summed E-state index contributed by atoms with van der Waals surface area (Å²) in [6, 6.07) is 4.53. The number of methoxy groups -OCH3 is 1. The van der Waals surface area contributed by atoms with E-state index < -0.39 is 6.04 Å². The van der Waals surface area contributed by atoms with Gasteiger partial charge in [-0.1, -0.05) is 0 Å². The number of anilines is 2. The molecule has 6 nitrogen and oxygen atoms in total. The fourth-order valence-electron chi connectivity index (χ4n) is 1.83. The maximum absolute atomic E-state index is 11.8. The minimum absolute atomic E-state index is 0.0926. The highest BCUT2D eigenvalue weighted by molar-refractivity contribution is 5.99. The lowest BCUT2D eigenvalue weighted by Crippen LogP contribution is -2.37. The summed E-state index contributed by atoms with van der Waals surface area (Å²) >= 11 is 0. The normalized spacial score (nSPS) is 18.3. The highest BCUT2D eigenvalue weighted by Crippen LogP contribution is 2.25. The van der Waals surface area contributed by atoms with Crippen molar-refractivity contribution in [2.24, 2.45) is 0 Å². The Bertz CT molecular complexity index is 487. The van der Waals surface area contributed by atoms with Crippen molar-refractivity contribution < 1.29 is 14.3 Å². The average molecular weight is 249 g/mol. The molecule has 0 bridgehead atoms. The van der Waals surface area contributed by atoms with Crippen molar-refractivity contribution in [2.75, 3.05) is 18.2 Å². The SMILES string of the molecule is COc1cc(NC(=O)[C@@H]2CCC(=O)N2)ccc1N. The molecule has 0 aliphatic carbocycles. The molecular weight excluding hydrogens is 234 g/mol. The van der Waals surface area contributed by atoms with E-state index in [1.54, 1.807) is 18.2 Å². The van der Waals surface area contributed by atoms with Gasteiger partial charge in [-0.15, -0.1) is 0 Å². The number of nitrogens with one attached hydrogen (secondary N) is 2. The number of hydrogen-bond donors (Lipinski definition) is 3. The molecular formula is C12H15N3O3. The minimum atomic E-state index is -0.457. The number of carbonyl (C=O) groups is 2. The van der Waals surface area contributed by atoms with Crippen LogP contribution in [0.5, 0.6) is 5.75 Å². The lowest BCUT2D eigenvalue weighted by atomic mass is 10.2. The third-order valence-electron chi connectivity index (χ3n) is 2.81. The van der Waals surface area contributed by atoms with Gasteiger partial charge in [0.25, 0.3) is 0 Å². The van der Waals surface area contributed by atoms with Crippen LogP contribution in [-0.4, -0.2) is 25.0 Å². The third-order valence-corrected chi connectivity index (χ3v) is 2.81. The second-order valence-electron chi connectivity index (χ2n) is 4.10. The molecule has 1 atom stereocenters. The van der Waals surface area contributed by atoms with Gasteiger partial charge in [0.05, 0.1) is 12.8 Å². The molecule has 0 unspecified atom stereocenters. The van der Waals surface area contributed by atoms with Gasteiger partial charge in [0, 0.05) is 18.2 Å². The van der Waals surface area contributed by atoms with Gasteiger partial charge in [-0.25, -0.2) is 0 Å². The Morgan fingerprint density at radius 3 is 2.94 bits per heavy atom. The first kappa shape index (κ1) is 12.2. The maximum Gasteiger partial charge on any atom is 0.246 e. The first-order chi connectivity index (χ1) is 8.60. The number of ether oxygens (including phenoxy) is 1. The van der Waals surface area contributed by atoms with Crippen LogP contribution < -0.4 is 21.1 Å². The third kappa shape index (κ3) is 2.53. The quantitative estimate of drug-likeness (QED) is 0.680. The van der Waals surface area contributed by atoms with Crippen molar-refractivity contribution in [3.8, 4) is 5.75 Å². The Kier molecular flexibility index (Phi) is 3.36. The largest absolute Gasteiger partial charge is 0.495 e. The molecule has 1 aromatic carbocycles. The standard InChI is InChI=1S/C12H15N3O3/c1-18-10-6-7(2-3-8(10)13)14-12(17)9-4-5-11(16)15-9/h2-3,6,9H,4-5,13H2,1H3,(H,14,17)(H,15,16)/t9-/m0/s1. The predicted octanol–water partition coefficient (Wildman–Crippen LogP) is 0.494. The number of rotatable bonds is 3. The topological polar surface area (TPSA) is 93.4 Å². The van der Waals surface area contributed by atoms with E-state index in [2.05, 4.69) is 10.6 Å². The second kappa shape index (κ2) is 4.95. The number of hydrogen-bond acceptors (Lipinski definition) is 4. The fraction of sp³-hybridized carbons (Fsp3) is 0.333. The molecule has 6 heteroatoms. The summed E-state index contributed by atoms with van der Waals surface area (Å²) in [7, 11) is 1.51. The van der Waals surface area contributed by atoms with Crippen LogP contribution in [0.25, 0.3) is 0 Å². The van der Waals surface area contributed by atoms with Crippen molar-refractivity contribution in [1.82, 2.24) is 5.32 Å². The van der Waals surface area contributed by atoms with Crippen LogP contribution in [0.15, 0.2) is 18.2 Å². The Labute approximate surface area is 104 Å². The van der Waals surface area contributed by atoms with Gasteiger partial charge in [-0.05, 0) is 18.6 Å². The summed E-state index contributed by atoms with van der Waals surface area (Å²) in [4.78, 5) is 22.9. The lowest BCUT2D eigenvalue weighted by Gasteiger charge is -2.12. The van der Waals surface area contributed by atoms with Crippen LogP contribution in [-0.2, 0) is 9.59 Å². The van der Waals surface area contributed by atoms with Gasteiger partial charge >= 0.3 is 0 Å². The van der Waals surface area contributed by atoms with E-state index in [9.17, 15) is 9.59 Å². The maximum atomic E-state index is 11.8. The molecule has 0 radical (unpaired) electrons. The molecule has 2 amide bonds. The van der Waals surface area contributed by atoms with E-state index in [1.165, 1.54) is 7.11 Å². The molecule has 1 aromatic rings. The van der Waals surface area contributed by atoms with Crippen LogP contribution in [0.3, 0.4) is 0 Å². The van der Waals surface area contributed by atoms with Crippen molar-refractivity contribution in [2.45, 2.75) is 18.9 Å². The van der Waals surface area contributed by atoms with Crippen molar-refractivity contribution in [3.05, 3.63) is 18.2 Å². The summed E-state index contributed by atoms with van der Waals surface area (Å²) in [5.74, 6) is 0.181. The molecule has 96 valence electrons. The molecule has 1 aliphatic rings. The zero-order valence-electron chi connectivity index (χ0n) is 10.0. The summed E-state index contributed by atoms with van der Waals surface area (Å²) in [5.41, 5.74) is 6.77. The molecule has 1 aliphatic heterocycles. The van der Waals surface area contributed by atoms with Crippen molar-refractivity contribution in [1.29, 1.82) is 0 Å². The van der Waals surface area contributed by atoms with Gasteiger partial charge < -0.3 is 21.1 Å². The smallest absolute Gasteiger partial charge is 0.246 e. The van der Waals surface area contributed by atoms with E-state index in [4.69, 9.17) is 10.5 Å². The van der Waals surface area contributed by atoms with Crippen molar-refractivity contribution in [3.63, 3.8) is 0 Å². The molecule has 1 fully saturated rings. The second-order valence-corrected chi connectivity index (χ2v) is 4.10. The number of carbonyl (C=O) groups excluding carboxylic acids is 2. The summed E-state index contributed by atoms with van der Waals surface area (Å²) in [6.45, 7) is 0. The van der Waals surface area contributed by atoms with Gasteiger partial charge in [0.2, 0.25) is 11.8 Å². The Morgan fingerprint density at radius 2 is 2.33 bits per heavy atom. The van der Waals surface area contributed by atoms with Crippen LogP contribution >= 0.6 is 0 Å². The Morgan fingerprint density at radius 1 is 1.56 bits per heavy atom. The predicted molar refractivity (Wildman–Crippen MR) is 67.2 cm³/mol. The van der Waals surface area contributed by atoms with Crippen molar-refractivity contribution >= 4 is 23.2 Å². The van der Waals surface area contributed by atoms with E-state index in [0.717, 1.165) is 0 Å². The summed E-state index contributed by atoms with van der Waals surface area (Å²) < 4.78 is 5.06. The zero-order valence-corrected chi connectivity index (χ0v) is 10.0. The fourth-order valence-corrected chi connectivity index (χ4v) is 1.83. The molecule has 2 rings (SSSR count). The Balaban J connectivity index is 2.05. The molecule has 0 spiro atoms. The minimum Gasteiger partial charge on any atom is -0.495 e. The molecule has 0 aromatic heterocycles. The van der Waals surface area contributed by atoms with E-state index >= 15 is 0 Å². The van der Waals surface area contributed by atoms with E-state index in [1.807, 2.05) is 0 Å². The zero-order chi connectivity index (χ0) is 13.1. The number of amides is 2. The monoisotopic (exact) mass is 249 g/mol. The Hall–Kier alpha value is -2.24. The molecule has 18 heavy (non-hydrogen) atoms. The van der Waals surface area contributed by atoms with Gasteiger partial charge in [0.1, 0.15) is 11.8 Å². The van der Waals surface area contributed by atoms with Crippen LogP contribution in [0.4, 0.5) is 11.4 Å². The van der Waals surface area contributed by atoms with Crippen LogP contribution in [0.1, 0.15) is 12.8 Å². The molecule has 0 saturated carbocycles. The van der Waals surface area contributed by atoms with Gasteiger partial charge in [-0.3, -0.25) is 9.59 Å². The molecule has 1 heterocycles. The lowest BCUT2D eigenvalue weighted by molar-refractivity contribution is -0.122. The van der Waals surface area contributed by atoms with Gasteiger partial charge in [-0.2, -0.15) is 0 Å². The summed E-state index contributed by atoms with van der Waals surface area (Å²) in [6.07, 6.45) is 0.917. The van der Waals surface area contributed by atoms with Gasteiger partial charge in [0.15, 0.2) is 0 Å². The average Bonchev–Trinajstić information content (AvgIpc) is 2.78. The first-order valence-electron chi connectivity index (χ1n) is 5.64. The number of nitrogen functional groups attached to an aromatic ring is 1. The first-order valence-corrected chi connectivity index (χ1v) is 5.64. The van der Waals surface area contributed by atoms with Crippen LogP contribution in [0.2, 0.25) is 0 Å². The molecule has 1 saturated heterocycles. The molecule has 4 N–H and O–H groups in total. The van der Waals surface area contributed by atoms with Crippen LogP contribution in [0, 0.1) is 0 Å². The summed E-state index contributed by atoms with van der Waals surface area (Å²) in [5, 5.41) is 5.32. The van der Waals surface area contributed by atoms with E-state index in [0.29, 0.717) is 30.0 Å².